The summed E-state index contributed by atoms with van der Waals surface area (Å²) < 4.78 is 5.52. The Kier molecular flexibility index (Phi) is 6.13. The van der Waals surface area contributed by atoms with Gasteiger partial charge in [0.05, 0.1) is 19.1 Å². The van der Waals surface area contributed by atoms with Crippen LogP contribution in [0, 0.1) is 5.92 Å². The molecule has 0 radical (unpaired) electrons. The number of anilines is 1. The molecule has 2 fully saturated rings. The molecule has 1 aliphatic heterocycles. The summed E-state index contributed by atoms with van der Waals surface area (Å²) in [7, 11) is 0. The van der Waals surface area contributed by atoms with E-state index in [1.165, 1.54) is 17.5 Å². The van der Waals surface area contributed by atoms with Crippen molar-refractivity contribution in [3.05, 3.63) is 29.3 Å². The Balaban J connectivity index is 1.25. The molecule has 2 N–H and O–H groups in total. The summed E-state index contributed by atoms with van der Waals surface area (Å²) in [5.41, 5.74) is 3.46. The number of rotatable bonds is 6. The molecule has 1 unspecified atom stereocenters. The number of aryl methyl sites for hydroxylation is 2. The number of nitrogens with one attached hydrogen (secondary N) is 2. The Morgan fingerprint density at radius 2 is 1.93 bits per heavy atom. The van der Waals surface area contributed by atoms with Crippen LogP contribution in [0.15, 0.2) is 18.2 Å². The molecular formula is C22H29N3O4. The fourth-order valence-electron chi connectivity index (χ4n) is 3.99. The second-order valence-electron chi connectivity index (χ2n) is 8.28. The van der Waals surface area contributed by atoms with E-state index >= 15 is 0 Å². The number of amides is 3. The quantitative estimate of drug-likeness (QED) is 0.761. The number of benzene rings is 1. The van der Waals surface area contributed by atoms with Gasteiger partial charge in [0.2, 0.25) is 17.7 Å². The predicted molar refractivity (Wildman–Crippen MR) is 108 cm³/mol. The zero-order valence-corrected chi connectivity index (χ0v) is 16.7. The number of hydrogen-bond donors (Lipinski definition) is 2. The maximum absolute atomic E-state index is 12.6. The summed E-state index contributed by atoms with van der Waals surface area (Å²) >= 11 is 0. The molecule has 1 saturated heterocycles. The van der Waals surface area contributed by atoms with Gasteiger partial charge in [-0.1, -0.05) is 6.07 Å². The number of hydrogen-bond acceptors (Lipinski definition) is 4. The van der Waals surface area contributed by atoms with E-state index in [2.05, 4.69) is 16.7 Å². The molecule has 1 aromatic rings. The summed E-state index contributed by atoms with van der Waals surface area (Å²) in [6.07, 6.45) is 5.66. The molecule has 4 rings (SSSR count). The summed E-state index contributed by atoms with van der Waals surface area (Å²) in [5.74, 6) is -0.655. The first-order valence-electron chi connectivity index (χ1n) is 10.7. The second-order valence-corrected chi connectivity index (χ2v) is 8.28. The summed E-state index contributed by atoms with van der Waals surface area (Å²) in [4.78, 5) is 38.9. The highest BCUT2D eigenvalue weighted by atomic mass is 16.5. The minimum absolute atomic E-state index is 0.0402. The Hall–Kier alpha value is -2.41. The van der Waals surface area contributed by atoms with Crippen LogP contribution < -0.4 is 10.6 Å². The molecule has 1 heterocycles. The molecule has 1 atom stereocenters. The van der Waals surface area contributed by atoms with Crippen molar-refractivity contribution >= 4 is 23.4 Å². The third kappa shape index (κ3) is 5.35. The Morgan fingerprint density at radius 1 is 1.10 bits per heavy atom. The van der Waals surface area contributed by atoms with Crippen LogP contribution in [-0.2, 0) is 32.0 Å². The maximum atomic E-state index is 12.6. The largest absolute Gasteiger partial charge is 0.379 e. The standard InChI is InChI=1S/C22H29N3O4/c26-20(23-19-5-4-15-2-1-3-16(15)12-19)8-9-21(27)25-10-11-29-14-17(13-25)22(28)24-18-6-7-18/h4-5,12,17-18H,1-3,6-11,13-14H2,(H,23,26)(H,24,28). The molecule has 29 heavy (non-hydrogen) atoms. The molecular weight excluding hydrogens is 370 g/mol. The molecule has 0 aromatic heterocycles. The van der Waals surface area contributed by atoms with Crippen molar-refractivity contribution in [2.45, 2.75) is 51.0 Å². The van der Waals surface area contributed by atoms with Crippen LogP contribution in [0.25, 0.3) is 0 Å². The van der Waals surface area contributed by atoms with Gasteiger partial charge in [0.15, 0.2) is 0 Å². The lowest BCUT2D eigenvalue weighted by atomic mass is 10.1. The first-order valence-corrected chi connectivity index (χ1v) is 10.7. The predicted octanol–water partition coefficient (Wildman–Crippen LogP) is 1.65. The van der Waals surface area contributed by atoms with Crippen LogP contribution in [0.5, 0.6) is 0 Å². The topological polar surface area (TPSA) is 87.7 Å². The smallest absolute Gasteiger partial charge is 0.227 e. The monoisotopic (exact) mass is 399 g/mol. The van der Waals surface area contributed by atoms with Crippen LogP contribution in [-0.4, -0.2) is 55.0 Å². The van der Waals surface area contributed by atoms with E-state index in [0.29, 0.717) is 26.3 Å². The molecule has 3 aliphatic rings. The molecule has 0 bridgehead atoms. The lowest BCUT2D eigenvalue weighted by molar-refractivity contribution is -0.134. The SMILES string of the molecule is O=C(CCC(=O)N1CCOCC(C(=O)NC2CC2)C1)Nc1ccc2c(c1)CCC2. The minimum atomic E-state index is -0.345. The Bertz CT molecular complexity index is 790. The minimum Gasteiger partial charge on any atom is -0.379 e. The molecule has 7 heteroatoms. The van der Waals surface area contributed by atoms with Crippen LogP contribution in [0.2, 0.25) is 0 Å². The molecule has 1 aromatic carbocycles. The van der Waals surface area contributed by atoms with E-state index in [0.717, 1.165) is 31.4 Å². The number of nitrogens with zero attached hydrogens (tertiary/aromatic N) is 1. The average Bonchev–Trinajstić information content (AvgIpc) is 3.46. The van der Waals surface area contributed by atoms with Crippen molar-refractivity contribution in [1.82, 2.24) is 10.2 Å². The van der Waals surface area contributed by atoms with Gasteiger partial charge in [-0.05, 0) is 55.4 Å². The molecule has 156 valence electrons. The van der Waals surface area contributed by atoms with E-state index in [4.69, 9.17) is 4.74 Å². The normalized spacial score (nSPS) is 21.2. The van der Waals surface area contributed by atoms with Crippen molar-refractivity contribution < 1.29 is 19.1 Å². The summed E-state index contributed by atoms with van der Waals surface area (Å²) in [6.45, 7) is 1.56. The second kappa shape index (κ2) is 8.95. The van der Waals surface area contributed by atoms with Gasteiger partial charge in [-0.15, -0.1) is 0 Å². The number of carbonyl (C=O) groups excluding carboxylic acids is 3. The number of fused-ring (bicyclic) bond motifs is 1. The van der Waals surface area contributed by atoms with Gasteiger partial charge in [0.25, 0.3) is 0 Å². The van der Waals surface area contributed by atoms with Crippen molar-refractivity contribution in [2.24, 2.45) is 5.92 Å². The zero-order chi connectivity index (χ0) is 20.2. The first kappa shape index (κ1) is 19.9. The molecule has 2 aliphatic carbocycles. The van der Waals surface area contributed by atoms with E-state index in [1.807, 2.05) is 12.1 Å². The van der Waals surface area contributed by atoms with Crippen LogP contribution in [0.3, 0.4) is 0 Å². The highest BCUT2D eigenvalue weighted by Crippen LogP contribution is 2.25. The van der Waals surface area contributed by atoms with Crippen LogP contribution in [0.1, 0.15) is 43.2 Å². The average molecular weight is 399 g/mol. The van der Waals surface area contributed by atoms with Crippen molar-refractivity contribution in [3.63, 3.8) is 0 Å². The molecule has 0 spiro atoms. The third-order valence-electron chi connectivity index (χ3n) is 5.86. The fourth-order valence-corrected chi connectivity index (χ4v) is 3.99. The fraction of sp³-hybridized carbons (Fsp3) is 0.591. The van der Waals surface area contributed by atoms with Gasteiger partial charge >= 0.3 is 0 Å². The van der Waals surface area contributed by atoms with Gasteiger partial charge in [0, 0.05) is 37.7 Å². The van der Waals surface area contributed by atoms with Gasteiger partial charge in [-0.2, -0.15) is 0 Å². The first-order chi connectivity index (χ1) is 14.1. The molecule has 1 saturated carbocycles. The Morgan fingerprint density at radius 3 is 2.76 bits per heavy atom. The highest BCUT2D eigenvalue weighted by molar-refractivity contribution is 5.93. The van der Waals surface area contributed by atoms with E-state index in [-0.39, 0.29) is 42.5 Å². The van der Waals surface area contributed by atoms with Gasteiger partial charge in [0.1, 0.15) is 0 Å². The summed E-state index contributed by atoms with van der Waals surface area (Å²) in [6, 6.07) is 6.33. The van der Waals surface area contributed by atoms with Crippen molar-refractivity contribution in [1.29, 1.82) is 0 Å². The van der Waals surface area contributed by atoms with E-state index in [1.54, 1.807) is 4.90 Å². The van der Waals surface area contributed by atoms with Gasteiger partial charge in [-0.25, -0.2) is 0 Å². The van der Waals surface area contributed by atoms with Gasteiger partial charge in [-0.3, -0.25) is 14.4 Å². The number of ether oxygens (including phenoxy) is 1. The van der Waals surface area contributed by atoms with Crippen molar-refractivity contribution in [2.75, 3.05) is 31.6 Å². The molecule has 7 nitrogen and oxygen atoms in total. The lowest BCUT2D eigenvalue weighted by Gasteiger charge is -2.23. The van der Waals surface area contributed by atoms with Crippen LogP contribution >= 0.6 is 0 Å². The molecule has 3 amide bonds. The van der Waals surface area contributed by atoms with Crippen molar-refractivity contribution in [3.8, 4) is 0 Å². The lowest BCUT2D eigenvalue weighted by Crippen LogP contribution is -2.42. The van der Waals surface area contributed by atoms with Crippen LogP contribution in [0.4, 0.5) is 5.69 Å². The summed E-state index contributed by atoms with van der Waals surface area (Å²) in [5, 5.41) is 5.88. The Labute approximate surface area is 171 Å². The maximum Gasteiger partial charge on any atom is 0.227 e. The van der Waals surface area contributed by atoms with E-state index < -0.39 is 0 Å². The number of carbonyl (C=O) groups is 3. The highest BCUT2D eigenvalue weighted by Gasteiger charge is 2.31. The zero-order valence-electron chi connectivity index (χ0n) is 16.7. The van der Waals surface area contributed by atoms with Gasteiger partial charge < -0.3 is 20.3 Å². The third-order valence-corrected chi connectivity index (χ3v) is 5.86. The van der Waals surface area contributed by atoms with E-state index in [9.17, 15) is 14.4 Å².